The third-order valence-corrected chi connectivity index (χ3v) is 4.72. The van der Waals surface area contributed by atoms with Crippen molar-refractivity contribution in [2.45, 2.75) is 32.7 Å². The van der Waals surface area contributed by atoms with Crippen molar-refractivity contribution in [3.05, 3.63) is 33.8 Å². The normalized spacial score (nSPS) is 24.7. The molecular weight excluding hydrogens is 281 g/mol. The van der Waals surface area contributed by atoms with Crippen LogP contribution in [0.2, 0.25) is 10.0 Å². The topological polar surface area (TPSA) is 20.3 Å². The molecule has 1 fully saturated rings. The molecule has 0 spiro atoms. The molecule has 1 heterocycles. The first-order chi connectivity index (χ1) is 8.99. The number of nitrogens with zero attached hydrogens (tertiary/aromatic N) is 1. The van der Waals surface area contributed by atoms with Gasteiger partial charge < -0.3 is 0 Å². The summed E-state index contributed by atoms with van der Waals surface area (Å²) in [6, 6.07) is 5.94. The van der Waals surface area contributed by atoms with Crippen LogP contribution < -0.4 is 0 Å². The monoisotopic (exact) mass is 299 g/mol. The lowest BCUT2D eigenvalue weighted by molar-refractivity contribution is -0.127. The van der Waals surface area contributed by atoms with E-state index in [0.717, 1.165) is 30.1 Å². The van der Waals surface area contributed by atoms with Crippen molar-refractivity contribution in [3.63, 3.8) is 0 Å². The summed E-state index contributed by atoms with van der Waals surface area (Å²) in [7, 11) is 0. The van der Waals surface area contributed by atoms with E-state index in [9.17, 15) is 4.79 Å². The Bertz CT molecular complexity index is 475. The summed E-state index contributed by atoms with van der Waals surface area (Å²) >= 11 is 12.1. The number of likely N-dealkylation sites (tertiary alicyclic amines) is 1. The summed E-state index contributed by atoms with van der Waals surface area (Å²) in [6.45, 7) is 5.94. The highest BCUT2D eigenvalue weighted by Gasteiger charge is 2.30. The molecule has 0 aliphatic carbocycles. The highest BCUT2D eigenvalue weighted by Crippen LogP contribution is 2.24. The van der Waals surface area contributed by atoms with Crippen LogP contribution in [0.15, 0.2) is 18.2 Å². The van der Waals surface area contributed by atoms with E-state index in [1.54, 1.807) is 6.07 Å². The van der Waals surface area contributed by atoms with E-state index in [2.05, 4.69) is 11.8 Å². The van der Waals surface area contributed by atoms with Crippen LogP contribution in [0.25, 0.3) is 0 Å². The van der Waals surface area contributed by atoms with Gasteiger partial charge in [0.1, 0.15) is 5.78 Å². The van der Waals surface area contributed by atoms with Gasteiger partial charge >= 0.3 is 0 Å². The summed E-state index contributed by atoms with van der Waals surface area (Å²) in [6.07, 6.45) is 1.56. The summed E-state index contributed by atoms with van der Waals surface area (Å²) < 4.78 is 0. The van der Waals surface area contributed by atoms with Crippen LogP contribution in [0.4, 0.5) is 0 Å². The first-order valence-corrected chi connectivity index (χ1v) is 7.45. The Morgan fingerprint density at radius 2 is 2.05 bits per heavy atom. The molecular formula is C15H19Cl2NO. The van der Waals surface area contributed by atoms with Crippen LogP contribution in [0.5, 0.6) is 0 Å². The molecule has 2 unspecified atom stereocenters. The van der Waals surface area contributed by atoms with Gasteiger partial charge in [0.25, 0.3) is 0 Å². The first kappa shape index (κ1) is 14.8. The van der Waals surface area contributed by atoms with Crippen LogP contribution >= 0.6 is 23.2 Å². The Morgan fingerprint density at radius 1 is 1.32 bits per heavy atom. The third-order valence-electron chi connectivity index (χ3n) is 4.14. The Morgan fingerprint density at radius 3 is 2.74 bits per heavy atom. The van der Waals surface area contributed by atoms with Gasteiger partial charge in [0.2, 0.25) is 0 Å². The smallest absolute Gasteiger partial charge is 0.138 e. The maximum Gasteiger partial charge on any atom is 0.138 e. The second kappa shape index (κ2) is 6.25. The van der Waals surface area contributed by atoms with Crippen molar-refractivity contribution in [2.24, 2.45) is 5.92 Å². The molecule has 2 atom stereocenters. The van der Waals surface area contributed by atoms with Crippen molar-refractivity contribution < 1.29 is 4.79 Å². The van der Waals surface area contributed by atoms with Gasteiger partial charge in [0.05, 0.1) is 0 Å². The third kappa shape index (κ3) is 3.50. The Balaban J connectivity index is 1.97. The minimum atomic E-state index is 0.134. The second-order valence-electron chi connectivity index (χ2n) is 5.27. The first-order valence-electron chi connectivity index (χ1n) is 6.69. The molecule has 0 aromatic heterocycles. The highest BCUT2D eigenvalue weighted by atomic mass is 35.5. The molecule has 1 aromatic carbocycles. The fraction of sp³-hybridized carbons (Fsp3) is 0.533. The lowest BCUT2D eigenvalue weighted by Crippen LogP contribution is -2.47. The standard InChI is InChI=1S/C15H19Cl2NO/c1-10-11(2)18(8-6-15(10)19)7-5-12-3-4-13(16)9-14(12)17/h3-4,9-11H,5-8H2,1-2H3. The van der Waals surface area contributed by atoms with E-state index < -0.39 is 0 Å². The van der Waals surface area contributed by atoms with Gasteiger partial charge in [-0.3, -0.25) is 9.69 Å². The van der Waals surface area contributed by atoms with Crippen LogP contribution in [-0.4, -0.2) is 29.8 Å². The predicted octanol–water partition coefficient (Wildman–Crippen LogP) is 3.84. The lowest BCUT2D eigenvalue weighted by atomic mass is 9.90. The molecule has 1 aliphatic heterocycles. The number of carbonyl (C=O) groups is 1. The van der Waals surface area contributed by atoms with Crippen molar-refractivity contribution in [1.29, 1.82) is 0 Å². The molecule has 1 aromatic rings. The van der Waals surface area contributed by atoms with Gasteiger partial charge in [-0.05, 0) is 31.0 Å². The maximum absolute atomic E-state index is 11.7. The molecule has 4 heteroatoms. The average Bonchev–Trinajstić information content (AvgIpc) is 2.37. The molecule has 1 saturated heterocycles. The fourth-order valence-corrected chi connectivity index (χ4v) is 3.08. The number of ketones is 1. The molecule has 2 rings (SSSR count). The zero-order chi connectivity index (χ0) is 14.0. The minimum absolute atomic E-state index is 0.134. The second-order valence-corrected chi connectivity index (χ2v) is 6.11. The summed E-state index contributed by atoms with van der Waals surface area (Å²) in [5, 5.41) is 1.39. The average molecular weight is 300 g/mol. The molecule has 1 aliphatic rings. The Labute approximate surface area is 124 Å². The number of halogens is 2. The number of hydrogen-bond donors (Lipinski definition) is 0. The molecule has 0 bridgehead atoms. The number of piperidine rings is 1. The largest absolute Gasteiger partial charge is 0.299 e. The number of carbonyl (C=O) groups excluding carboxylic acids is 1. The summed E-state index contributed by atoms with van der Waals surface area (Å²) in [5.74, 6) is 0.516. The van der Waals surface area contributed by atoms with Crippen molar-refractivity contribution in [3.8, 4) is 0 Å². The van der Waals surface area contributed by atoms with E-state index in [1.807, 2.05) is 19.1 Å². The Hall–Kier alpha value is -0.570. The molecule has 104 valence electrons. The minimum Gasteiger partial charge on any atom is -0.299 e. The van der Waals surface area contributed by atoms with Gasteiger partial charge in [-0.25, -0.2) is 0 Å². The SMILES string of the molecule is CC1C(=O)CCN(CCc2ccc(Cl)cc2Cl)C1C. The quantitative estimate of drug-likeness (QED) is 0.845. The zero-order valence-electron chi connectivity index (χ0n) is 11.3. The Kier molecular flexibility index (Phi) is 4.88. The molecule has 2 nitrogen and oxygen atoms in total. The van der Waals surface area contributed by atoms with E-state index in [4.69, 9.17) is 23.2 Å². The lowest BCUT2D eigenvalue weighted by Gasteiger charge is -2.37. The van der Waals surface area contributed by atoms with Gasteiger partial charge in [-0.1, -0.05) is 36.2 Å². The van der Waals surface area contributed by atoms with Crippen LogP contribution in [0.3, 0.4) is 0 Å². The van der Waals surface area contributed by atoms with E-state index in [-0.39, 0.29) is 5.92 Å². The van der Waals surface area contributed by atoms with E-state index in [0.29, 0.717) is 23.3 Å². The van der Waals surface area contributed by atoms with Crippen LogP contribution in [-0.2, 0) is 11.2 Å². The van der Waals surface area contributed by atoms with E-state index >= 15 is 0 Å². The van der Waals surface area contributed by atoms with Gasteiger partial charge in [0.15, 0.2) is 0 Å². The van der Waals surface area contributed by atoms with Crippen LogP contribution in [0.1, 0.15) is 25.8 Å². The number of rotatable bonds is 3. The van der Waals surface area contributed by atoms with Gasteiger partial charge in [-0.15, -0.1) is 0 Å². The highest BCUT2D eigenvalue weighted by molar-refractivity contribution is 6.35. The molecule has 0 N–H and O–H groups in total. The molecule has 0 radical (unpaired) electrons. The maximum atomic E-state index is 11.7. The number of benzene rings is 1. The molecule has 19 heavy (non-hydrogen) atoms. The predicted molar refractivity (Wildman–Crippen MR) is 80.0 cm³/mol. The van der Waals surface area contributed by atoms with Crippen LogP contribution in [0, 0.1) is 5.92 Å². The molecule has 0 amide bonds. The van der Waals surface area contributed by atoms with E-state index in [1.165, 1.54) is 0 Å². The van der Waals surface area contributed by atoms with Gasteiger partial charge in [-0.2, -0.15) is 0 Å². The number of hydrogen-bond acceptors (Lipinski definition) is 2. The zero-order valence-corrected chi connectivity index (χ0v) is 12.8. The van der Waals surface area contributed by atoms with Crippen molar-refractivity contribution in [2.75, 3.05) is 13.1 Å². The number of Topliss-reactive ketones (excluding diaryl/α,β-unsaturated/α-hetero) is 1. The van der Waals surface area contributed by atoms with Crippen molar-refractivity contribution >= 4 is 29.0 Å². The molecule has 0 saturated carbocycles. The summed E-state index contributed by atoms with van der Waals surface area (Å²) in [5.41, 5.74) is 1.11. The fourth-order valence-electron chi connectivity index (χ4n) is 2.57. The van der Waals surface area contributed by atoms with Gasteiger partial charge in [0, 0.05) is 41.5 Å². The summed E-state index contributed by atoms with van der Waals surface area (Å²) in [4.78, 5) is 14.0. The van der Waals surface area contributed by atoms with Crippen molar-refractivity contribution in [1.82, 2.24) is 4.90 Å².